The maximum Gasteiger partial charge on any atom is 0.321 e. The second-order valence-corrected chi connectivity index (χ2v) is 7.24. The van der Waals surface area contributed by atoms with E-state index in [1.54, 1.807) is 23.7 Å². The zero-order valence-corrected chi connectivity index (χ0v) is 15.1. The summed E-state index contributed by atoms with van der Waals surface area (Å²) >= 11 is 1.58. The predicted molar refractivity (Wildman–Crippen MR) is 101 cm³/mol. The van der Waals surface area contributed by atoms with Gasteiger partial charge in [-0.1, -0.05) is 5.21 Å². The van der Waals surface area contributed by atoms with Crippen molar-refractivity contribution in [1.82, 2.24) is 24.9 Å². The topological polar surface area (TPSA) is 75.9 Å². The summed E-state index contributed by atoms with van der Waals surface area (Å²) < 4.78 is 1.88. The van der Waals surface area contributed by atoms with E-state index in [0.29, 0.717) is 5.92 Å². The Morgan fingerprint density at radius 2 is 2.19 bits per heavy atom. The summed E-state index contributed by atoms with van der Waals surface area (Å²) in [6.07, 6.45) is 7.55. The number of urea groups is 1. The van der Waals surface area contributed by atoms with Crippen molar-refractivity contribution >= 4 is 23.1 Å². The Morgan fingerprint density at radius 1 is 1.31 bits per heavy atom. The molecule has 7 nitrogen and oxygen atoms in total. The van der Waals surface area contributed by atoms with E-state index in [2.05, 4.69) is 20.6 Å². The van der Waals surface area contributed by atoms with Gasteiger partial charge in [-0.2, -0.15) is 11.3 Å². The largest absolute Gasteiger partial charge is 0.324 e. The van der Waals surface area contributed by atoms with Crippen LogP contribution < -0.4 is 5.32 Å². The summed E-state index contributed by atoms with van der Waals surface area (Å²) in [5, 5.41) is 15.4. The van der Waals surface area contributed by atoms with Crippen LogP contribution in [0.5, 0.6) is 0 Å². The molecule has 2 amide bonds. The number of thiophene rings is 1. The molecule has 1 atom stereocenters. The highest BCUT2D eigenvalue weighted by molar-refractivity contribution is 7.08. The number of carbonyl (C=O) groups is 1. The summed E-state index contributed by atoms with van der Waals surface area (Å²) in [6.45, 7) is 2.30. The molecular weight excluding hydrogens is 348 g/mol. The van der Waals surface area contributed by atoms with Gasteiger partial charge in [0.05, 0.1) is 11.9 Å². The highest BCUT2D eigenvalue weighted by Gasteiger charge is 2.24. The first-order chi connectivity index (χ1) is 12.8. The Balaban J connectivity index is 1.36. The van der Waals surface area contributed by atoms with E-state index >= 15 is 0 Å². The summed E-state index contributed by atoms with van der Waals surface area (Å²) in [7, 11) is 0. The number of likely N-dealkylation sites (tertiary alicyclic amines) is 1. The molecule has 0 aliphatic carbocycles. The van der Waals surface area contributed by atoms with Gasteiger partial charge in [0.15, 0.2) is 0 Å². The van der Waals surface area contributed by atoms with Crippen LogP contribution in [0.4, 0.5) is 10.5 Å². The first-order valence-electron chi connectivity index (χ1n) is 8.66. The first kappa shape index (κ1) is 16.7. The zero-order chi connectivity index (χ0) is 17.8. The van der Waals surface area contributed by atoms with Crippen LogP contribution >= 0.6 is 11.3 Å². The summed E-state index contributed by atoms with van der Waals surface area (Å²) in [6, 6.07) is 5.74. The van der Waals surface area contributed by atoms with Gasteiger partial charge in [0.1, 0.15) is 5.69 Å². The standard InChI is InChI=1S/C18H20N6OS/c25-18(20-16-5-9-26-13-16)23-8-1-2-14(10-23)11-24-12-17(21-22-24)15-3-6-19-7-4-15/h3-7,9,12-14H,1-2,8,10-11H2,(H,20,25). The molecule has 134 valence electrons. The van der Waals surface area contributed by atoms with Crippen molar-refractivity contribution in [2.75, 3.05) is 18.4 Å². The van der Waals surface area contributed by atoms with E-state index in [9.17, 15) is 4.79 Å². The SMILES string of the molecule is O=C(Nc1ccsc1)N1CCCC(Cn2cc(-c3ccncc3)nn2)C1. The highest BCUT2D eigenvalue weighted by Crippen LogP contribution is 2.21. The number of pyridine rings is 1. The van der Waals surface area contributed by atoms with E-state index < -0.39 is 0 Å². The highest BCUT2D eigenvalue weighted by atomic mass is 32.1. The molecule has 3 aromatic rings. The Labute approximate surface area is 155 Å². The average molecular weight is 368 g/mol. The van der Waals surface area contributed by atoms with Crippen LogP contribution in [0.2, 0.25) is 0 Å². The fraction of sp³-hybridized carbons (Fsp3) is 0.333. The molecule has 0 aromatic carbocycles. The molecule has 1 fully saturated rings. The van der Waals surface area contributed by atoms with Gasteiger partial charge in [0.2, 0.25) is 0 Å². The minimum absolute atomic E-state index is 0.0239. The number of rotatable bonds is 4. The summed E-state index contributed by atoms with van der Waals surface area (Å²) in [5.41, 5.74) is 2.71. The lowest BCUT2D eigenvalue weighted by molar-refractivity contribution is 0.168. The van der Waals surface area contributed by atoms with Crippen molar-refractivity contribution in [1.29, 1.82) is 0 Å². The van der Waals surface area contributed by atoms with E-state index in [1.807, 2.05) is 44.7 Å². The maximum atomic E-state index is 12.4. The van der Waals surface area contributed by atoms with E-state index in [1.165, 1.54) is 0 Å². The number of piperidine rings is 1. The van der Waals surface area contributed by atoms with Crippen molar-refractivity contribution in [3.63, 3.8) is 0 Å². The molecule has 0 bridgehead atoms. The molecule has 1 unspecified atom stereocenters. The Morgan fingerprint density at radius 3 is 3.00 bits per heavy atom. The number of nitrogens with zero attached hydrogens (tertiary/aromatic N) is 5. The Hall–Kier alpha value is -2.74. The molecule has 0 saturated carbocycles. The molecule has 4 heterocycles. The number of anilines is 1. The molecule has 1 N–H and O–H groups in total. The van der Waals surface area contributed by atoms with Crippen molar-refractivity contribution in [3.8, 4) is 11.3 Å². The molecule has 1 saturated heterocycles. The molecule has 3 aromatic heterocycles. The maximum absolute atomic E-state index is 12.4. The van der Waals surface area contributed by atoms with Crippen LogP contribution in [-0.4, -0.2) is 44.0 Å². The van der Waals surface area contributed by atoms with Gasteiger partial charge in [0.25, 0.3) is 0 Å². The summed E-state index contributed by atoms with van der Waals surface area (Å²) in [5.74, 6) is 0.379. The zero-order valence-electron chi connectivity index (χ0n) is 14.3. The predicted octanol–water partition coefficient (Wildman–Crippen LogP) is 3.35. The van der Waals surface area contributed by atoms with Gasteiger partial charge in [-0.25, -0.2) is 4.79 Å². The number of carbonyl (C=O) groups excluding carboxylic acids is 1. The van der Waals surface area contributed by atoms with Gasteiger partial charge in [-0.05, 0) is 42.3 Å². The molecule has 4 rings (SSSR count). The van der Waals surface area contributed by atoms with Crippen LogP contribution in [-0.2, 0) is 6.54 Å². The normalized spacial score (nSPS) is 17.2. The third kappa shape index (κ3) is 3.91. The van der Waals surface area contributed by atoms with Crippen molar-refractivity contribution in [2.24, 2.45) is 5.92 Å². The number of hydrogen-bond acceptors (Lipinski definition) is 5. The number of aromatic nitrogens is 4. The first-order valence-corrected chi connectivity index (χ1v) is 9.61. The van der Waals surface area contributed by atoms with Crippen molar-refractivity contribution in [3.05, 3.63) is 47.5 Å². The second-order valence-electron chi connectivity index (χ2n) is 6.46. The van der Waals surface area contributed by atoms with Crippen LogP contribution in [0.1, 0.15) is 12.8 Å². The molecule has 0 radical (unpaired) electrons. The third-order valence-corrected chi connectivity index (χ3v) is 5.22. The van der Waals surface area contributed by atoms with E-state index in [-0.39, 0.29) is 6.03 Å². The quantitative estimate of drug-likeness (QED) is 0.766. The number of amides is 2. The minimum atomic E-state index is -0.0239. The van der Waals surface area contributed by atoms with E-state index in [4.69, 9.17) is 0 Å². The van der Waals surface area contributed by atoms with Gasteiger partial charge in [0, 0.05) is 43.0 Å². The molecule has 1 aliphatic rings. The lowest BCUT2D eigenvalue weighted by Crippen LogP contribution is -2.43. The minimum Gasteiger partial charge on any atom is -0.324 e. The lowest BCUT2D eigenvalue weighted by Gasteiger charge is -2.32. The molecular formula is C18H20N6OS. The molecule has 1 aliphatic heterocycles. The fourth-order valence-corrected chi connectivity index (χ4v) is 3.83. The van der Waals surface area contributed by atoms with Crippen molar-refractivity contribution < 1.29 is 4.79 Å². The van der Waals surface area contributed by atoms with E-state index in [0.717, 1.165) is 49.4 Å². The van der Waals surface area contributed by atoms with Gasteiger partial charge < -0.3 is 10.2 Å². The molecule has 26 heavy (non-hydrogen) atoms. The van der Waals surface area contributed by atoms with Gasteiger partial charge in [-0.15, -0.1) is 5.10 Å². The lowest BCUT2D eigenvalue weighted by atomic mass is 9.98. The average Bonchev–Trinajstić information content (AvgIpc) is 3.35. The van der Waals surface area contributed by atoms with Crippen molar-refractivity contribution in [2.45, 2.75) is 19.4 Å². The van der Waals surface area contributed by atoms with Gasteiger partial charge in [-0.3, -0.25) is 9.67 Å². The molecule has 8 heteroatoms. The monoisotopic (exact) mass is 368 g/mol. The number of hydrogen-bond donors (Lipinski definition) is 1. The second kappa shape index (κ2) is 7.65. The van der Waals surface area contributed by atoms with Gasteiger partial charge >= 0.3 is 6.03 Å². The molecule has 0 spiro atoms. The number of nitrogens with one attached hydrogen (secondary N) is 1. The smallest absolute Gasteiger partial charge is 0.321 e. The third-order valence-electron chi connectivity index (χ3n) is 4.54. The Bertz CT molecular complexity index is 848. The van der Waals surface area contributed by atoms with Crippen LogP contribution in [0.25, 0.3) is 11.3 Å². The Kier molecular flexibility index (Phi) is 4.92. The van der Waals surface area contributed by atoms with Crippen LogP contribution in [0.15, 0.2) is 47.5 Å². The summed E-state index contributed by atoms with van der Waals surface area (Å²) in [4.78, 5) is 18.4. The van der Waals surface area contributed by atoms with Crippen LogP contribution in [0, 0.1) is 5.92 Å². The fourth-order valence-electron chi connectivity index (χ4n) is 3.24. The van der Waals surface area contributed by atoms with Crippen LogP contribution in [0.3, 0.4) is 0 Å².